The van der Waals surface area contributed by atoms with E-state index >= 15 is 0 Å². The molecule has 2 heterocycles. The van der Waals surface area contributed by atoms with E-state index in [9.17, 15) is 22.8 Å². The lowest BCUT2D eigenvalue weighted by Gasteiger charge is -2.35. The standard InChI is InChI=1S/C21H26F3N7O4/c1-14(10-25)11-27-20(26-3)31-7-5-30(6-8-31)17(32)4-9-34-13-15(2)35-16-12-28-29-19(33)18(16)21(22,23)24/h11-12,15H,3-9,13H2,1-2H3,(H,29,33)/b14-11+,27-20+/t15-/m0/s1. The maximum atomic E-state index is 13.1. The monoisotopic (exact) mass is 497 g/mol. The highest BCUT2D eigenvalue weighted by Crippen LogP contribution is 2.33. The number of hydrogen-bond donors (Lipinski definition) is 1. The number of hydrogen-bond acceptors (Lipinski definition) is 7. The molecule has 1 aliphatic heterocycles. The molecule has 1 saturated heterocycles. The first-order chi connectivity index (χ1) is 16.6. The van der Waals surface area contributed by atoms with Crippen LogP contribution in [0.2, 0.25) is 0 Å². The summed E-state index contributed by atoms with van der Waals surface area (Å²) in [6, 6.07) is 1.96. The summed E-state index contributed by atoms with van der Waals surface area (Å²) in [6.45, 7) is 8.38. The lowest BCUT2D eigenvalue weighted by atomic mass is 10.2. The van der Waals surface area contributed by atoms with Gasteiger partial charge in [-0.15, -0.1) is 0 Å². The Morgan fingerprint density at radius 2 is 2.03 bits per heavy atom. The van der Waals surface area contributed by atoms with E-state index in [1.54, 1.807) is 16.9 Å². The van der Waals surface area contributed by atoms with Crippen LogP contribution in [-0.2, 0) is 15.7 Å². The second-order valence-corrected chi connectivity index (χ2v) is 7.57. The zero-order valence-corrected chi connectivity index (χ0v) is 19.3. The number of carbonyl (C=O) groups excluding carboxylic acids is 1. The van der Waals surface area contributed by atoms with Crippen molar-refractivity contribution >= 4 is 18.6 Å². The van der Waals surface area contributed by atoms with Crippen LogP contribution in [0, 0.1) is 11.3 Å². The molecule has 1 amide bonds. The van der Waals surface area contributed by atoms with E-state index in [2.05, 4.69) is 21.8 Å². The number of aliphatic imine (C=N–C) groups is 2. The van der Waals surface area contributed by atoms with E-state index in [-0.39, 0.29) is 25.5 Å². The van der Waals surface area contributed by atoms with Crippen LogP contribution in [-0.4, -0.2) is 84.1 Å². The van der Waals surface area contributed by atoms with Gasteiger partial charge >= 0.3 is 6.18 Å². The maximum Gasteiger partial charge on any atom is 0.425 e. The third-order valence-electron chi connectivity index (χ3n) is 4.85. The Balaban J connectivity index is 1.77. The summed E-state index contributed by atoms with van der Waals surface area (Å²) < 4.78 is 49.8. The van der Waals surface area contributed by atoms with Gasteiger partial charge < -0.3 is 19.3 Å². The summed E-state index contributed by atoms with van der Waals surface area (Å²) in [7, 11) is 0. The number of rotatable bonds is 8. The largest absolute Gasteiger partial charge is 0.486 e. The van der Waals surface area contributed by atoms with Gasteiger partial charge in [0.05, 0.1) is 31.9 Å². The second-order valence-electron chi connectivity index (χ2n) is 7.57. The Kier molecular flexibility index (Phi) is 9.95. The smallest absolute Gasteiger partial charge is 0.425 e. The zero-order valence-electron chi connectivity index (χ0n) is 19.3. The van der Waals surface area contributed by atoms with Gasteiger partial charge in [0, 0.05) is 38.0 Å². The lowest BCUT2D eigenvalue weighted by molar-refractivity contribution is -0.141. The van der Waals surface area contributed by atoms with Crippen molar-refractivity contribution in [3.63, 3.8) is 0 Å². The minimum absolute atomic E-state index is 0.0473. The molecule has 0 bridgehead atoms. The number of aromatic nitrogens is 2. The number of H-pyrrole nitrogens is 1. The minimum atomic E-state index is -4.90. The Morgan fingerprint density at radius 1 is 1.37 bits per heavy atom. The van der Waals surface area contributed by atoms with E-state index in [4.69, 9.17) is 14.7 Å². The molecular weight excluding hydrogens is 471 g/mol. The molecule has 0 saturated carbocycles. The first-order valence-corrected chi connectivity index (χ1v) is 10.6. The maximum absolute atomic E-state index is 13.1. The minimum Gasteiger partial charge on any atom is -0.486 e. The van der Waals surface area contributed by atoms with Gasteiger partial charge in [-0.05, 0) is 20.6 Å². The molecule has 35 heavy (non-hydrogen) atoms. The summed E-state index contributed by atoms with van der Waals surface area (Å²) in [4.78, 5) is 35.4. The van der Waals surface area contributed by atoms with E-state index in [0.29, 0.717) is 37.7 Å². The fourth-order valence-electron chi connectivity index (χ4n) is 3.12. The first-order valence-electron chi connectivity index (χ1n) is 10.6. The number of allylic oxidation sites excluding steroid dienone is 1. The Hall–Kier alpha value is -3.73. The van der Waals surface area contributed by atoms with Crippen LogP contribution in [0.25, 0.3) is 0 Å². The molecular formula is C21H26F3N7O4. The average Bonchev–Trinajstić information content (AvgIpc) is 2.81. The fraction of sp³-hybridized carbons (Fsp3) is 0.524. The van der Waals surface area contributed by atoms with Crippen molar-refractivity contribution in [2.45, 2.75) is 32.5 Å². The Morgan fingerprint density at radius 3 is 2.63 bits per heavy atom. The fourth-order valence-corrected chi connectivity index (χ4v) is 3.12. The van der Waals surface area contributed by atoms with Crippen LogP contribution in [0.1, 0.15) is 25.8 Å². The van der Waals surface area contributed by atoms with Gasteiger partial charge in [0.2, 0.25) is 11.9 Å². The highest BCUT2D eigenvalue weighted by molar-refractivity contribution is 5.85. The molecule has 1 N–H and O–H groups in total. The van der Waals surface area contributed by atoms with Crippen LogP contribution in [0.5, 0.6) is 5.75 Å². The van der Waals surface area contributed by atoms with Crippen molar-refractivity contribution in [1.82, 2.24) is 20.0 Å². The van der Waals surface area contributed by atoms with Gasteiger partial charge in [0.25, 0.3) is 5.56 Å². The third kappa shape index (κ3) is 8.21. The van der Waals surface area contributed by atoms with E-state index in [0.717, 1.165) is 6.20 Å². The molecule has 1 fully saturated rings. The third-order valence-corrected chi connectivity index (χ3v) is 4.85. The van der Waals surface area contributed by atoms with Gasteiger partial charge in [0.15, 0.2) is 11.3 Å². The van der Waals surface area contributed by atoms with Crippen LogP contribution >= 0.6 is 0 Å². The normalized spacial score (nSPS) is 16.0. The molecule has 190 valence electrons. The van der Waals surface area contributed by atoms with Crippen molar-refractivity contribution in [1.29, 1.82) is 5.26 Å². The molecule has 0 spiro atoms. The van der Waals surface area contributed by atoms with Crippen LogP contribution in [0.4, 0.5) is 13.2 Å². The van der Waals surface area contributed by atoms with Gasteiger partial charge in [-0.25, -0.2) is 15.1 Å². The topological polar surface area (TPSA) is 136 Å². The number of carbonyl (C=O) groups is 1. The van der Waals surface area contributed by atoms with Crippen molar-refractivity contribution in [2.75, 3.05) is 39.4 Å². The number of alkyl halides is 3. The zero-order chi connectivity index (χ0) is 26.0. The molecule has 14 heteroatoms. The lowest BCUT2D eigenvalue weighted by Crippen LogP contribution is -2.50. The number of piperazine rings is 1. The number of nitriles is 1. The molecule has 2 rings (SSSR count). The predicted octanol–water partition coefficient (Wildman–Crippen LogP) is 1.59. The number of aromatic amines is 1. The summed E-state index contributed by atoms with van der Waals surface area (Å²) in [5.41, 5.74) is -2.44. The number of amides is 1. The van der Waals surface area contributed by atoms with E-state index < -0.39 is 29.2 Å². The van der Waals surface area contributed by atoms with Crippen LogP contribution in [0.15, 0.2) is 32.7 Å². The molecule has 0 unspecified atom stereocenters. The molecule has 1 aliphatic rings. The molecule has 11 nitrogen and oxygen atoms in total. The molecule has 0 aromatic carbocycles. The number of guanidine groups is 1. The number of nitrogens with one attached hydrogen (secondary N) is 1. The molecule has 1 aromatic rings. The van der Waals surface area contributed by atoms with Gasteiger partial charge in [-0.3, -0.25) is 9.59 Å². The van der Waals surface area contributed by atoms with Gasteiger partial charge in [-0.1, -0.05) is 0 Å². The molecule has 1 aromatic heterocycles. The SMILES string of the molecule is C=N/C(=N\C=C(/C)C#N)N1CCN(C(=O)CCOC[C@H](C)Oc2cn[nH]c(=O)c2C(F)(F)F)CC1. The molecule has 1 atom stereocenters. The summed E-state index contributed by atoms with van der Waals surface area (Å²) in [5, 5.41) is 13.9. The molecule has 0 radical (unpaired) electrons. The highest BCUT2D eigenvalue weighted by Gasteiger charge is 2.38. The number of ether oxygens (including phenoxy) is 2. The average molecular weight is 497 g/mol. The van der Waals surface area contributed by atoms with Gasteiger partial charge in [0.1, 0.15) is 6.10 Å². The Labute approximate surface area is 199 Å². The quantitative estimate of drug-likeness (QED) is 0.249. The summed E-state index contributed by atoms with van der Waals surface area (Å²) >= 11 is 0. The van der Waals surface area contributed by atoms with Crippen molar-refractivity contribution in [3.05, 3.63) is 33.9 Å². The van der Waals surface area contributed by atoms with Crippen molar-refractivity contribution in [3.8, 4) is 11.8 Å². The van der Waals surface area contributed by atoms with Crippen LogP contribution in [0.3, 0.4) is 0 Å². The number of nitrogens with zero attached hydrogens (tertiary/aromatic N) is 6. The van der Waals surface area contributed by atoms with Crippen molar-refractivity contribution < 1.29 is 27.4 Å². The predicted molar refractivity (Wildman–Crippen MR) is 120 cm³/mol. The van der Waals surface area contributed by atoms with Crippen LogP contribution < -0.4 is 10.3 Å². The highest BCUT2D eigenvalue weighted by atomic mass is 19.4. The Bertz CT molecular complexity index is 1050. The summed E-state index contributed by atoms with van der Waals surface area (Å²) in [5.74, 6) is -0.462. The van der Waals surface area contributed by atoms with Gasteiger partial charge in [-0.2, -0.15) is 23.5 Å². The molecule has 0 aliphatic carbocycles. The summed E-state index contributed by atoms with van der Waals surface area (Å²) in [6.07, 6.45) is -3.45. The van der Waals surface area contributed by atoms with Crippen molar-refractivity contribution in [2.24, 2.45) is 9.98 Å². The van der Waals surface area contributed by atoms with E-state index in [1.165, 1.54) is 13.1 Å². The first kappa shape index (κ1) is 27.5. The number of halogens is 3. The van der Waals surface area contributed by atoms with E-state index in [1.807, 2.05) is 11.0 Å². The second kappa shape index (κ2) is 12.7.